The van der Waals surface area contributed by atoms with Crippen LogP contribution in [0, 0.1) is 5.92 Å². The summed E-state index contributed by atoms with van der Waals surface area (Å²) in [5.74, 6) is 0.410. The number of ether oxygens (including phenoxy) is 1. The second-order valence-electron chi connectivity index (χ2n) is 7.42. The number of aliphatic hydroxyl groups excluding tert-OH is 1. The number of rotatable bonds is 7. The molecule has 120 valence electrons. The van der Waals surface area contributed by atoms with E-state index in [2.05, 4.69) is 51.9 Å². The van der Waals surface area contributed by atoms with Gasteiger partial charge in [-0.1, -0.05) is 6.92 Å². The van der Waals surface area contributed by atoms with E-state index in [-0.39, 0.29) is 17.3 Å². The fraction of sp³-hybridized carbons (Fsp3) is 1.00. The van der Waals surface area contributed by atoms with E-state index in [9.17, 15) is 5.11 Å². The number of aliphatic hydroxyl groups is 1. The molecule has 1 heterocycles. The summed E-state index contributed by atoms with van der Waals surface area (Å²) in [7, 11) is 2.07. The molecule has 3 unspecified atom stereocenters. The largest absolute Gasteiger partial charge is 0.392 e. The van der Waals surface area contributed by atoms with Crippen LogP contribution in [0.25, 0.3) is 0 Å². The van der Waals surface area contributed by atoms with Crippen LogP contribution in [0.5, 0.6) is 0 Å². The van der Waals surface area contributed by atoms with Gasteiger partial charge in [0.05, 0.1) is 17.3 Å². The lowest BCUT2D eigenvalue weighted by atomic mass is 9.82. The smallest absolute Gasteiger partial charge is 0.0790 e. The predicted octanol–water partition coefficient (Wildman–Crippen LogP) is 1.87. The van der Waals surface area contributed by atoms with Crippen molar-refractivity contribution in [1.29, 1.82) is 0 Å². The van der Waals surface area contributed by atoms with Crippen LogP contribution in [0.4, 0.5) is 0 Å². The average Bonchev–Trinajstić information content (AvgIpc) is 2.40. The predicted molar refractivity (Wildman–Crippen MR) is 84.0 cm³/mol. The van der Waals surface area contributed by atoms with E-state index in [1.807, 2.05) is 6.92 Å². The maximum atomic E-state index is 9.55. The van der Waals surface area contributed by atoms with Crippen LogP contribution < -0.4 is 5.32 Å². The summed E-state index contributed by atoms with van der Waals surface area (Å²) in [6.45, 7) is 15.4. The first-order chi connectivity index (χ1) is 9.10. The summed E-state index contributed by atoms with van der Waals surface area (Å²) >= 11 is 0. The van der Waals surface area contributed by atoms with Gasteiger partial charge in [-0.2, -0.15) is 0 Å². The standard InChI is InChI=1S/C16H34N2O2/c1-8-9-17-14-13(11-18(7)10-12(2)19)15(3,4)20-16(14,5)6/h12-14,17,19H,8-11H2,1-7H3. The summed E-state index contributed by atoms with van der Waals surface area (Å²) in [5, 5.41) is 13.2. The normalized spacial score (nSPS) is 29.9. The first kappa shape index (κ1) is 17.9. The number of nitrogens with one attached hydrogen (secondary N) is 1. The van der Waals surface area contributed by atoms with Gasteiger partial charge in [0.2, 0.25) is 0 Å². The molecule has 4 heteroatoms. The van der Waals surface area contributed by atoms with Gasteiger partial charge in [0.25, 0.3) is 0 Å². The van der Waals surface area contributed by atoms with Crippen LogP contribution >= 0.6 is 0 Å². The Balaban J connectivity index is 2.80. The zero-order valence-corrected chi connectivity index (χ0v) is 14.4. The minimum Gasteiger partial charge on any atom is -0.392 e. The zero-order chi connectivity index (χ0) is 15.6. The van der Waals surface area contributed by atoms with Crippen molar-refractivity contribution < 1.29 is 9.84 Å². The van der Waals surface area contributed by atoms with Gasteiger partial charge in [-0.15, -0.1) is 0 Å². The minimum absolute atomic E-state index is 0.151. The van der Waals surface area contributed by atoms with Crippen molar-refractivity contribution >= 4 is 0 Å². The maximum Gasteiger partial charge on any atom is 0.0790 e. The lowest BCUT2D eigenvalue weighted by Gasteiger charge is -2.33. The number of likely N-dealkylation sites (N-methyl/N-ethyl adjacent to an activating group) is 1. The molecular weight excluding hydrogens is 252 g/mol. The molecule has 4 nitrogen and oxygen atoms in total. The van der Waals surface area contributed by atoms with Crippen molar-refractivity contribution in [2.24, 2.45) is 5.92 Å². The van der Waals surface area contributed by atoms with Crippen LogP contribution in [0.3, 0.4) is 0 Å². The summed E-state index contributed by atoms with van der Waals surface area (Å²) < 4.78 is 6.31. The second-order valence-corrected chi connectivity index (χ2v) is 7.42. The molecule has 0 aromatic carbocycles. The summed E-state index contributed by atoms with van der Waals surface area (Å²) in [6, 6.07) is 0.342. The molecule has 0 spiro atoms. The van der Waals surface area contributed by atoms with Crippen LogP contribution in [0.2, 0.25) is 0 Å². The van der Waals surface area contributed by atoms with Gasteiger partial charge >= 0.3 is 0 Å². The molecule has 1 aliphatic heterocycles. The third kappa shape index (κ3) is 4.42. The Morgan fingerprint density at radius 3 is 2.35 bits per heavy atom. The minimum atomic E-state index is -0.291. The summed E-state index contributed by atoms with van der Waals surface area (Å²) in [4.78, 5) is 2.21. The summed E-state index contributed by atoms with van der Waals surface area (Å²) in [6.07, 6.45) is 0.837. The lowest BCUT2D eigenvalue weighted by molar-refractivity contribution is -0.0796. The van der Waals surface area contributed by atoms with Gasteiger partial charge in [0.1, 0.15) is 0 Å². The van der Waals surface area contributed by atoms with Crippen LogP contribution in [0.15, 0.2) is 0 Å². The number of hydrogen-bond donors (Lipinski definition) is 2. The van der Waals surface area contributed by atoms with E-state index in [0.29, 0.717) is 18.5 Å². The van der Waals surface area contributed by atoms with E-state index in [1.54, 1.807) is 0 Å². The Labute approximate surface area is 124 Å². The Morgan fingerprint density at radius 1 is 1.25 bits per heavy atom. The van der Waals surface area contributed by atoms with Crippen molar-refractivity contribution in [2.75, 3.05) is 26.7 Å². The Kier molecular flexibility index (Phi) is 6.02. The van der Waals surface area contributed by atoms with Crippen LogP contribution in [-0.4, -0.2) is 60.0 Å². The average molecular weight is 286 g/mol. The third-order valence-corrected chi connectivity index (χ3v) is 4.27. The molecule has 1 aliphatic rings. The second kappa shape index (κ2) is 6.73. The van der Waals surface area contributed by atoms with Crippen molar-refractivity contribution in [1.82, 2.24) is 10.2 Å². The quantitative estimate of drug-likeness (QED) is 0.750. The monoisotopic (exact) mass is 286 g/mol. The van der Waals surface area contributed by atoms with E-state index in [1.165, 1.54) is 0 Å². The van der Waals surface area contributed by atoms with Gasteiger partial charge in [0.15, 0.2) is 0 Å². The highest BCUT2D eigenvalue weighted by molar-refractivity contribution is 5.06. The SMILES string of the molecule is CCCNC1C(CN(C)CC(C)O)C(C)(C)OC1(C)C. The molecule has 3 atom stereocenters. The highest BCUT2D eigenvalue weighted by Gasteiger charge is 2.53. The number of hydrogen-bond acceptors (Lipinski definition) is 4. The molecule has 1 rings (SSSR count). The fourth-order valence-electron chi connectivity index (χ4n) is 3.58. The van der Waals surface area contributed by atoms with Crippen LogP contribution in [-0.2, 0) is 4.74 Å². The van der Waals surface area contributed by atoms with Crippen molar-refractivity contribution in [3.63, 3.8) is 0 Å². The van der Waals surface area contributed by atoms with E-state index >= 15 is 0 Å². The van der Waals surface area contributed by atoms with Gasteiger partial charge < -0.3 is 20.1 Å². The Bertz CT molecular complexity index is 303. The molecule has 1 fully saturated rings. The molecular formula is C16H34N2O2. The Morgan fingerprint density at radius 2 is 1.85 bits per heavy atom. The molecule has 0 aromatic rings. The van der Waals surface area contributed by atoms with Gasteiger partial charge in [-0.05, 0) is 54.6 Å². The lowest BCUT2D eigenvalue weighted by Crippen LogP contribution is -2.51. The first-order valence-electron chi connectivity index (χ1n) is 7.90. The van der Waals surface area contributed by atoms with Gasteiger partial charge in [-0.3, -0.25) is 0 Å². The van der Waals surface area contributed by atoms with Crippen molar-refractivity contribution in [2.45, 2.75) is 71.3 Å². The van der Waals surface area contributed by atoms with Crippen LogP contribution in [0.1, 0.15) is 48.0 Å². The highest BCUT2D eigenvalue weighted by Crippen LogP contribution is 2.42. The molecule has 1 saturated heterocycles. The first-order valence-corrected chi connectivity index (χ1v) is 7.90. The van der Waals surface area contributed by atoms with Crippen molar-refractivity contribution in [3.8, 4) is 0 Å². The van der Waals surface area contributed by atoms with E-state index in [4.69, 9.17) is 4.74 Å². The molecule has 20 heavy (non-hydrogen) atoms. The maximum absolute atomic E-state index is 9.55. The highest BCUT2D eigenvalue weighted by atomic mass is 16.5. The molecule has 0 saturated carbocycles. The molecule has 0 radical (unpaired) electrons. The Hall–Kier alpha value is -0.160. The molecule has 0 aliphatic carbocycles. The van der Waals surface area contributed by atoms with Gasteiger partial charge in [-0.25, -0.2) is 0 Å². The summed E-state index contributed by atoms with van der Waals surface area (Å²) in [5.41, 5.74) is -0.309. The zero-order valence-electron chi connectivity index (χ0n) is 14.4. The van der Waals surface area contributed by atoms with Crippen molar-refractivity contribution in [3.05, 3.63) is 0 Å². The fourth-order valence-corrected chi connectivity index (χ4v) is 3.58. The molecule has 0 amide bonds. The third-order valence-electron chi connectivity index (χ3n) is 4.27. The van der Waals surface area contributed by atoms with E-state index in [0.717, 1.165) is 19.5 Å². The molecule has 0 aromatic heterocycles. The van der Waals surface area contributed by atoms with Gasteiger partial charge in [0, 0.05) is 25.0 Å². The topological polar surface area (TPSA) is 44.7 Å². The van der Waals surface area contributed by atoms with E-state index < -0.39 is 0 Å². The molecule has 2 N–H and O–H groups in total. The molecule has 0 bridgehead atoms. The number of nitrogens with zero attached hydrogens (tertiary/aromatic N) is 1.